The fraction of sp³-hybridized carbons (Fsp3) is 0.471. The predicted octanol–water partition coefficient (Wildman–Crippen LogP) is 4.01. The number of nitrogens with zero attached hydrogens (tertiary/aromatic N) is 2. The molecular formula is C17H22BrN3. The van der Waals surface area contributed by atoms with Crippen LogP contribution in [-0.4, -0.2) is 16.1 Å². The highest BCUT2D eigenvalue weighted by Gasteiger charge is 2.17. The Balaban J connectivity index is 1.84. The molecule has 0 radical (unpaired) electrons. The Morgan fingerprint density at radius 2 is 2.14 bits per heavy atom. The molecule has 1 aliphatic rings. The Labute approximate surface area is 134 Å². The van der Waals surface area contributed by atoms with Gasteiger partial charge in [-0.15, -0.1) is 0 Å². The molecule has 0 unspecified atom stereocenters. The monoisotopic (exact) mass is 347 g/mol. The smallest absolute Gasteiger partial charge is 0.0998 e. The lowest BCUT2D eigenvalue weighted by molar-refractivity contribution is 0.655. The molecule has 1 aromatic carbocycles. The SMILES string of the molecule is CCCNCc1ccc(-n2cnc3c2CCCC3)c(Br)c1. The van der Waals surface area contributed by atoms with Crippen molar-refractivity contribution >= 4 is 15.9 Å². The summed E-state index contributed by atoms with van der Waals surface area (Å²) >= 11 is 3.73. The zero-order valence-electron chi connectivity index (χ0n) is 12.5. The van der Waals surface area contributed by atoms with Gasteiger partial charge in [-0.2, -0.15) is 0 Å². The second-order valence-corrected chi connectivity index (χ2v) is 6.53. The number of halogens is 1. The highest BCUT2D eigenvalue weighted by Crippen LogP contribution is 2.28. The lowest BCUT2D eigenvalue weighted by Crippen LogP contribution is -2.14. The number of aryl methyl sites for hydroxylation is 1. The van der Waals surface area contributed by atoms with Crippen LogP contribution < -0.4 is 5.32 Å². The zero-order valence-corrected chi connectivity index (χ0v) is 14.1. The topological polar surface area (TPSA) is 29.9 Å². The summed E-state index contributed by atoms with van der Waals surface area (Å²) in [5.41, 5.74) is 5.18. The van der Waals surface area contributed by atoms with Crippen molar-refractivity contribution in [2.75, 3.05) is 6.54 Å². The van der Waals surface area contributed by atoms with E-state index < -0.39 is 0 Å². The van der Waals surface area contributed by atoms with Crippen LogP contribution in [0, 0.1) is 0 Å². The number of aromatic nitrogens is 2. The summed E-state index contributed by atoms with van der Waals surface area (Å²) in [6, 6.07) is 6.62. The van der Waals surface area contributed by atoms with Crippen LogP contribution in [-0.2, 0) is 19.4 Å². The Morgan fingerprint density at radius 1 is 1.29 bits per heavy atom. The molecule has 0 saturated heterocycles. The fourth-order valence-corrected chi connectivity index (χ4v) is 3.56. The molecule has 1 aliphatic carbocycles. The van der Waals surface area contributed by atoms with Crippen molar-refractivity contribution in [2.45, 2.75) is 45.6 Å². The summed E-state index contributed by atoms with van der Waals surface area (Å²) in [5, 5.41) is 3.44. The summed E-state index contributed by atoms with van der Waals surface area (Å²) in [6.45, 7) is 4.18. The first-order chi connectivity index (χ1) is 10.3. The van der Waals surface area contributed by atoms with Crippen molar-refractivity contribution in [3.05, 3.63) is 46.0 Å². The molecule has 4 heteroatoms. The summed E-state index contributed by atoms with van der Waals surface area (Å²) in [4.78, 5) is 4.59. The average Bonchev–Trinajstić information content (AvgIpc) is 2.92. The molecule has 1 aromatic heterocycles. The van der Waals surface area contributed by atoms with Crippen molar-refractivity contribution in [1.82, 2.24) is 14.9 Å². The number of imidazole rings is 1. The van der Waals surface area contributed by atoms with Crippen molar-refractivity contribution in [3.8, 4) is 5.69 Å². The third-order valence-corrected chi connectivity index (χ3v) is 4.69. The summed E-state index contributed by atoms with van der Waals surface area (Å²) in [7, 11) is 0. The van der Waals surface area contributed by atoms with Gasteiger partial charge >= 0.3 is 0 Å². The standard InChI is InChI=1S/C17H22BrN3/c1-2-9-19-11-13-7-8-16(14(18)10-13)21-12-20-15-5-3-4-6-17(15)21/h7-8,10,12,19H,2-6,9,11H2,1H3. The zero-order chi connectivity index (χ0) is 14.7. The van der Waals surface area contributed by atoms with Crippen LogP contribution in [0.5, 0.6) is 0 Å². The van der Waals surface area contributed by atoms with Crippen molar-refractivity contribution in [1.29, 1.82) is 0 Å². The van der Waals surface area contributed by atoms with Crippen LogP contribution in [0.15, 0.2) is 29.0 Å². The van der Waals surface area contributed by atoms with Gasteiger partial charge in [-0.05, 0) is 72.3 Å². The van der Waals surface area contributed by atoms with Gasteiger partial charge in [0.2, 0.25) is 0 Å². The van der Waals surface area contributed by atoms with Crippen LogP contribution >= 0.6 is 15.9 Å². The first-order valence-electron chi connectivity index (χ1n) is 7.84. The maximum absolute atomic E-state index is 4.59. The van der Waals surface area contributed by atoms with Gasteiger partial charge in [0.05, 0.1) is 17.7 Å². The molecule has 3 nitrogen and oxygen atoms in total. The molecule has 3 rings (SSSR count). The molecule has 0 atom stereocenters. The van der Waals surface area contributed by atoms with Crippen molar-refractivity contribution in [3.63, 3.8) is 0 Å². The first kappa shape index (κ1) is 14.8. The van der Waals surface area contributed by atoms with Gasteiger partial charge in [0.25, 0.3) is 0 Å². The number of nitrogens with one attached hydrogen (secondary N) is 1. The average molecular weight is 348 g/mol. The summed E-state index contributed by atoms with van der Waals surface area (Å²) in [6.07, 6.45) is 7.95. The van der Waals surface area contributed by atoms with E-state index in [9.17, 15) is 0 Å². The lowest BCUT2D eigenvalue weighted by Gasteiger charge is -2.15. The number of hydrogen-bond acceptors (Lipinski definition) is 2. The maximum atomic E-state index is 4.59. The third kappa shape index (κ3) is 3.22. The van der Waals surface area contributed by atoms with E-state index in [0.717, 1.165) is 30.4 Å². The second kappa shape index (κ2) is 6.75. The van der Waals surface area contributed by atoms with Gasteiger partial charge in [-0.1, -0.05) is 13.0 Å². The highest BCUT2D eigenvalue weighted by atomic mass is 79.9. The summed E-state index contributed by atoms with van der Waals surface area (Å²) in [5.74, 6) is 0. The van der Waals surface area contributed by atoms with E-state index >= 15 is 0 Å². The molecule has 0 amide bonds. The molecule has 0 spiro atoms. The Hall–Kier alpha value is -1.13. The van der Waals surface area contributed by atoms with Gasteiger partial charge in [0, 0.05) is 16.7 Å². The van der Waals surface area contributed by atoms with E-state index in [1.807, 2.05) is 6.33 Å². The van der Waals surface area contributed by atoms with Gasteiger partial charge in [-0.3, -0.25) is 0 Å². The minimum Gasteiger partial charge on any atom is -0.313 e. The number of fused-ring (bicyclic) bond motifs is 1. The molecule has 112 valence electrons. The Kier molecular flexibility index (Phi) is 4.76. The number of hydrogen-bond donors (Lipinski definition) is 1. The van der Waals surface area contributed by atoms with E-state index in [4.69, 9.17) is 0 Å². The Morgan fingerprint density at radius 3 is 2.95 bits per heavy atom. The number of rotatable bonds is 5. The van der Waals surface area contributed by atoms with Gasteiger partial charge in [-0.25, -0.2) is 4.98 Å². The summed E-state index contributed by atoms with van der Waals surface area (Å²) < 4.78 is 3.39. The maximum Gasteiger partial charge on any atom is 0.0998 e. The number of benzene rings is 1. The van der Waals surface area contributed by atoms with Gasteiger partial charge in [0.15, 0.2) is 0 Å². The molecule has 1 N–H and O–H groups in total. The Bertz CT molecular complexity index is 618. The molecule has 0 saturated carbocycles. The molecule has 1 heterocycles. The molecule has 0 fully saturated rings. The quantitative estimate of drug-likeness (QED) is 0.828. The van der Waals surface area contributed by atoms with E-state index in [-0.39, 0.29) is 0 Å². The predicted molar refractivity (Wildman–Crippen MR) is 89.9 cm³/mol. The molecule has 2 aromatic rings. The third-order valence-electron chi connectivity index (χ3n) is 4.06. The minimum atomic E-state index is 0.925. The molecule has 0 aliphatic heterocycles. The molecule has 0 bridgehead atoms. The largest absolute Gasteiger partial charge is 0.313 e. The van der Waals surface area contributed by atoms with Crippen molar-refractivity contribution in [2.24, 2.45) is 0 Å². The van der Waals surface area contributed by atoms with Gasteiger partial charge in [0.1, 0.15) is 0 Å². The van der Waals surface area contributed by atoms with Crippen LogP contribution in [0.4, 0.5) is 0 Å². The second-order valence-electron chi connectivity index (χ2n) is 5.68. The van der Waals surface area contributed by atoms with Crippen molar-refractivity contribution < 1.29 is 0 Å². The van der Waals surface area contributed by atoms with E-state index in [0.29, 0.717) is 0 Å². The minimum absolute atomic E-state index is 0.925. The van der Waals surface area contributed by atoms with Crippen LogP contribution in [0.25, 0.3) is 5.69 Å². The fourth-order valence-electron chi connectivity index (χ4n) is 2.94. The normalized spacial score (nSPS) is 14.2. The van der Waals surface area contributed by atoms with Crippen LogP contribution in [0.2, 0.25) is 0 Å². The van der Waals surface area contributed by atoms with E-state index in [1.165, 1.54) is 41.9 Å². The lowest BCUT2D eigenvalue weighted by atomic mass is 10.0. The van der Waals surface area contributed by atoms with E-state index in [2.05, 4.69) is 55.9 Å². The highest BCUT2D eigenvalue weighted by molar-refractivity contribution is 9.10. The molecule has 21 heavy (non-hydrogen) atoms. The molecular weight excluding hydrogens is 326 g/mol. The van der Waals surface area contributed by atoms with Crippen LogP contribution in [0.1, 0.15) is 43.1 Å². The van der Waals surface area contributed by atoms with Crippen LogP contribution in [0.3, 0.4) is 0 Å². The van der Waals surface area contributed by atoms with E-state index in [1.54, 1.807) is 0 Å². The van der Waals surface area contributed by atoms with Gasteiger partial charge < -0.3 is 9.88 Å². The first-order valence-corrected chi connectivity index (χ1v) is 8.63.